The van der Waals surface area contributed by atoms with E-state index in [0.29, 0.717) is 0 Å². The van der Waals surface area contributed by atoms with E-state index in [1.165, 1.54) is 17.8 Å². The highest BCUT2D eigenvalue weighted by atomic mass is 79.9. The van der Waals surface area contributed by atoms with Crippen LogP contribution in [0, 0.1) is 0 Å². The van der Waals surface area contributed by atoms with Crippen LogP contribution in [-0.2, 0) is 11.2 Å². The van der Waals surface area contributed by atoms with E-state index in [2.05, 4.69) is 20.9 Å². The molecule has 2 nitrogen and oxygen atoms in total. The molecule has 0 aliphatic heterocycles. The molecule has 0 N–H and O–H groups in total. The summed E-state index contributed by atoms with van der Waals surface area (Å²) in [5.41, 5.74) is 1.17. The molecule has 0 spiro atoms. The number of benzene rings is 1. The van der Waals surface area contributed by atoms with Gasteiger partial charge in [0.1, 0.15) is 0 Å². The maximum atomic E-state index is 9.73. The zero-order chi connectivity index (χ0) is 9.52. The smallest absolute Gasteiger partial charge is 0.211 e. The molecule has 0 saturated heterocycles. The minimum absolute atomic E-state index is 0.757. The lowest BCUT2D eigenvalue weighted by atomic mass is 10.1. The van der Waals surface area contributed by atoms with E-state index < -0.39 is 0 Å². The topological polar surface area (TPSA) is 29.4 Å². The number of aliphatic imine (C=N–C) groups is 1. The van der Waals surface area contributed by atoms with E-state index in [1.54, 1.807) is 0 Å². The molecule has 0 saturated carbocycles. The third kappa shape index (κ3) is 3.36. The monoisotopic (exact) mass is 237 g/mol. The number of hydrogen-bond acceptors (Lipinski definition) is 2. The van der Waals surface area contributed by atoms with Crippen LogP contribution in [0.1, 0.15) is 5.56 Å². The first-order valence-corrected chi connectivity index (χ1v) is 4.59. The molecular weight excluding hydrogens is 230 g/mol. The van der Waals surface area contributed by atoms with Crippen LogP contribution in [0.15, 0.2) is 46.0 Å². The summed E-state index contributed by atoms with van der Waals surface area (Å²) in [5, 5.41) is 0. The zero-order valence-corrected chi connectivity index (χ0v) is 8.49. The highest BCUT2D eigenvalue weighted by molar-refractivity contribution is 9.10. The van der Waals surface area contributed by atoms with Gasteiger partial charge in [-0.1, -0.05) is 40.2 Å². The second-order valence-electron chi connectivity index (χ2n) is 2.40. The van der Waals surface area contributed by atoms with Crippen molar-refractivity contribution in [3.8, 4) is 0 Å². The van der Waals surface area contributed by atoms with Crippen LogP contribution in [0.25, 0.3) is 0 Å². The van der Waals surface area contributed by atoms with Crippen molar-refractivity contribution in [3.05, 3.63) is 46.6 Å². The van der Waals surface area contributed by atoms with Crippen molar-refractivity contribution >= 4 is 22.0 Å². The summed E-state index contributed by atoms with van der Waals surface area (Å²) in [7, 11) is 0. The van der Waals surface area contributed by atoms with Crippen LogP contribution >= 0.6 is 15.9 Å². The fourth-order valence-corrected chi connectivity index (χ4v) is 1.37. The number of rotatable bonds is 3. The quantitative estimate of drug-likeness (QED) is 0.588. The van der Waals surface area contributed by atoms with Crippen molar-refractivity contribution in [3.63, 3.8) is 0 Å². The van der Waals surface area contributed by atoms with Crippen molar-refractivity contribution in [2.45, 2.75) is 6.42 Å². The molecule has 0 radical (unpaired) electrons. The van der Waals surface area contributed by atoms with Gasteiger partial charge in [-0.05, 0) is 18.1 Å². The molecule has 0 amide bonds. The average Bonchev–Trinajstić information content (AvgIpc) is 2.15. The second kappa shape index (κ2) is 5.46. The van der Waals surface area contributed by atoms with Crippen LogP contribution in [0.3, 0.4) is 0 Å². The third-order valence-electron chi connectivity index (χ3n) is 1.53. The molecule has 0 fully saturated rings. The van der Waals surface area contributed by atoms with E-state index in [9.17, 15) is 4.79 Å². The van der Waals surface area contributed by atoms with Crippen molar-refractivity contribution < 1.29 is 4.79 Å². The minimum Gasteiger partial charge on any atom is -0.211 e. The molecule has 0 bridgehead atoms. The van der Waals surface area contributed by atoms with Crippen LogP contribution in [0.2, 0.25) is 0 Å². The van der Waals surface area contributed by atoms with Gasteiger partial charge in [-0.15, -0.1) is 0 Å². The molecule has 0 atom stereocenters. The van der Waals surface area contributed by atoms with Crippen molar-refractivity contribution in [2.24, 2.45) is 4.99 Å². The van der Waals surface area contributed by atoms with Crippen molar-refractivity contribution in [1.29, 1.82) is 0 Å². The lowest BCUT2D eigenvalue weighted by molar-refractivity contribution is 0.565. The molecule has 1 rings (SSSR count). The molecule has 3 heteroatoms. The SMILES string of the molecule is O=C=N/C=C\Cc1ccccc1Br. The van der Waals surface area contributed by atoms with E-state index in [1.807, 2.05) is 30.3 Å². The third-order valence-corrected chi connectivity index (χ3v) is 2.30. The number of hydrogen-bond donors (Lipinski definition) is 0. The molecule has 1 aromatic rings. The summed E-state index contributed by atoms with van der Waals surface area (Å²) in [4.78, 5) is 13.0. The van der Waals surface area contributed by atoms with Gasteiger partial charge in [0.15, 0.2) is 0 Å². The van der Waals surface area contributed by atoms with E-state index >= 15 is 0 Å². The molecule has 1 aromatic carbocycles. The second-order valence-corrected chi connectivity index (χ2v) is 3.26. The van der Waals surface area contributed by atoms with E-state index in [0.717, 1.165) is 10.9 Å². The van der Waals surface area contributed by atoms with Gasteiger partial charge in [0.05, 0.1) is 0 Å². The number of isocyanates is 1. The normalized spacial score (nSPS) is 9.92. The summed E-state index contributed by atoms with van der Waals surface area (Å²) in [6.07, 6.45) is 5.46. The summed E-state index contributed by atoms with van der Waals surface area (Å²) >= 11 is 3.42. The first kappa shape index (κ1) is 9.90. The number of halogens is 1. The Morgan fingerprint density at radius 2 is 2.23 bits per heavy atom. The number of allylic oxidation sites excluding steroid dienone is 1. The van der Waals surface area contributed by atoms with Gasteiger partial charge in [-0.3, -0.25) is 0 Å². The molecule has 0 heterocycles. The fraction of sp³-hybridized carbons (Fsp3) is 0.100. The van der Waals surface area contributed by atoms with Gasteiger partial charge < -0.3 is 0 Å². The Bertz CT molecular complexity index is 354. The first-order chi connectivity index (χ1) is 6.34. The summed E-state index contributed by atoms with van der Waals surface area (Å²) in [6.45, 7) is 0. The molecule has 0 aliphatic rings. The van der Waals surface area contributed by atoms with Crippen molar-refractivity contribution in [2.75, 3.05) is 0 Å². The average molecular weight is 238 g/mol. The Balaban J connectivity index is 2.64. The maximum Gasteiger partial charge on any atom is 0.239 e. The Hall–Kier alpha value is -1.18. The van der Waals surface area contributed by atoms with E-state index in [-0.39, 0.29) is 0 Å². The largest absolute Gasteiger partial charge is 0.239 e. The van der Waals surface area contributed by atoms with Gasteiger partial charge >= 0.3 is 0 Å². The molecule has 0 aliphatic carbocycles. The number of carbonyl (C=O) groups excluding carboxylic acids is 1. The maximum absolute atomic E-state index is 9.73. The van der Waals surface area contributed by atoms with Crippen LogP contribution < -0.4 is 0 Å². The summed E-state index contributed by atoms with van der Waals surface area (Å²) in [6, 6.07) is 7.92. The van der Waals surface area contributed by atoms with Gasteiger partial charge in [-0.25, -0.2) is 4.79 Å². The Kier molecular flexibility index (Phi) is 4.16. The van der Waals surface area contributed by atoms with Gasteiger partial charge in [0.2, 0.25) is 6.08 Å². The Labute approximate surface area is 85.1 Å². The summed E-state index contributed by atoms with van der Waals surface area (Å²) < 4.78 is 1.06. The van der Waals surface area contributed by atoms with Crippen LogP contribution in [0.4, 0.5) is 0 Å². The predicted molar refractivity (Wildman–Crippen MR) is 55.1 cm³/mol. The van der Waals surface area contributed by atoms with E-state index in [4.69, 9.17) is 0 Å². The van der Waals surface area contributed by atoms with Gasteiger partial charge in [-0.2, -0.15) is 4.99 Å². The van der Waals surface area contributed by atoms with Gasteiger partial charge in [0.25, 0.3) is 0 Å². The standard InChI is InChI=1S/C10H8BrNO/c11-10-6-2-1-4-9(10)5-3-7-12-8-13/h1-4,6-7H,5H2/b7-3-. The molecule has 66 valence electrons. The molecule has 13 heavy (non-hydrogen) atoms. The van der Waals surface area contributed by atoms with Crippen molar-refractivity contribution in [1.82, 2.24) is 0 Å². The van der Waals surface area contributed by atoms with Crippen LogP contribution in [-0.4, -0.2) is 6.08 Å². The van der Waals surface area contributed by atoms with Gasteiger partial charge in [0, 0.05) is 10.7 Å². The molecular formula is C10H8BrNO. The van der Waals surface area contributed by atoms with Crippen LogP contribution in [0.5, 0.6) is 0 Å². The lowest BCUT2D eigenvalue weighted by Gasteiger charge is -1.98. The predicted octanol–water partition coefficient (Wildman–Crippen LogP) is 2.84. The highest BCUT2D eigenvalue weighted by Crippen LogP contribution is 2.16. The first-order valence-electron chi connectivity index (χ1n) is 3.80. The highest BCUT2D eigenvalue weighted by Gasteiger charge is 1.93. The lowest BCUT2D eigenvalue weighted by Crippen LogP contribution is -1.81. The summed E-state index contributed by atoms with van der Waals surface area (Å²) in [5.74, 6) is 0. The fourth-order valence-electron chi connectivity index (χ4n) is 0.927. The minimum atomic E-state index is 0.757. The zero-order valence-electron chi connectivity index (χ0n) is 6.90. The Morgan fingerprint density at radius 1 is 1.46 bits per heavy atom. The molecule has 0 aromatic heterocycles. The molecule has 0 unspecified atom stereocenters. The number of nitrogens with zero attached hydrogens (tertiary/aromatic N) is 1. The Morgan fingerprint density at radius 3 is 2.92 bits per heavy atom.